The van der Waals surface area contributed by atoms with Gasteiger partial charge in [-0.05, 0) is 66.2 Å². The zero-order valence-corrected chi connectivity index (χ0v) is 14.8. The van der Waals surface area contributed by atoms with E-state index in [1.807, 2.05) is 24.3 Å². The molecule has 1 heterocycles. The molecule has 0 aliphatic carbocycles. The van der Waals surface area contributed by atoms with E-state index >= 15 is 0 Å². The molecule has 0 radical (unpaired) electrons. The number of imidazole rings is 1. The molecular weight excluding hydrogens is 396 g/mol. The normalized spacial score (nSPS) is 11.5. The predicted octanol–water partition coefficient (Wildman–Crippen LogP) is 5.51. The number of fused-ring (bicyclic) bond motifs is 1. The smallest absolute Gasteiger partial charge is 0.141 e. The van der Waals surface area contributed by atoms with Gasteiger partial charge in [-0.2, -0.15) is 0 Å². The van der Waals surface area contributed by atoms with Crippen LogP contribution in [0.1, 0.15) is 19.9 Å². The Morgan fingerprint density at radius 2 is 1.86 bits per heavy atom. The molecule has 0 aliphatic heterocycles. The molecular formula is C16H14Br2N2O. The molecule has 2 aromatic carbocycles. The number of hydrogen-bond donors (Lipinski definition) is 1. The molecule has 0 saturated heterocycles. The number of aromatic hydroxyl groups is 1. The fraction of sp³-hybridized carbons (Fsp3) is 0.188. The van der Waals surface area contributed by atoms with Gasteiger partial charge in [0.15, 0.2) is 0 Å². The number of phenols is 1. The lowest BCUT2D eigenvalue weighted by Gasteiger charge is -2.13. The highest BCUT2D eigenvalue weighted by atomic mass is 79.9. The molecule has 3 rings (SSSR count). The summed E-state index contributed by atoms with van der Waals surface area (Å²) < 4.78 is 3.87. The van der Waals surface area contributed by atoms with E-state index in [0.717, 1.165) is 26.9 Å². The number of rotatable bonds is 2. The minimum absolute atomic E-state index is 0.219. The van der Waals surface area contributed by atoms with Gasteiger partial charge < -0.3 is 9.67 Å². The van der Waals surface area contributed by atoms with Crippen LogP contribution in [0.5, 0.6) is 5.75 Å². The van der Waals surface area contributed by atoms with Gasteiger partial charge in [-0.1, -0.05) is 15.9 Å². The zero-order chi connectivity index (χ0) is 15.1. The first-order chi connectivity index (χ1) is 9.97. The maximum Gasteiger partial charge on any atom is 0.141 e. The number of nitrogens with zero attached hydrogens (tertiary/aromatic N) is 2. The number of aromatic nitrogens is 2. The lowest BCUT2D eigenvalue weighted by Crippen LogP contribution is -2.03. The molecule has 0 amide bonds. The molecule has 21 heavy (non-hydrogen) atoms. The number of hydrogen-bond acceptors (Lipinski definition) is 2. The second-order valence-electron chi connectivity index (χ2n) is 5.20. The van der Waals surface area contributed by atoms with Crippen molar-refractivity contribution >= 4 is 42.9 Å². The van der Waals surface area contributed by atoms with E-state index in [9.17, 15) is 5.11 Å². The highest BCUT2D eigenvalue weighted by Gasteiger charge is 2.16. The topological polar surface area (TPSA) is 38.0 Å². The van der Waals surface area contributed by atoms with Crippen LogP contribution in [-0.2, 0) is 0 Å². The Morgan fingerprint density at radius 1 is 1.10 bits per heavy atom. The minimum Gasteiger partial charge on any atom is -0.507 e. The lowest BCUT2D eigenvalue weighted by molar-refractivity contribution is 0.472. The van der Waals surface area contributed by atoms with Crippen LogP contribution >= 0.6 is 31.9 Å². The molecule has 0 atom stereocenters. The van der Waals surface area contributed by atoms with E-state index in [2.05, 4.69) is 56.3 Å². The first-order valence-electron chi connectivity index (χ1n) is 6.63. The van der Waals surface area contributed by atoms with Crippen LogP contribution in [0.2, 0.25) is 0 Å². The largest absolute Gasteiger partial charge is 0.507 e. The Morgan fingerprint density at radius 3 is 2.52 bits per heavy atom. The van der Waals surface area contributed by atoms with Crippen LogP contribution in [0.4, 0.5) is 0 Å². The highest BCUT2D eigenvalue weighted by molar-refractivity contribution is 9.10. The third kappa shape index (κ3) is 2.60. The SMILES string of the molecule is CC(C)n1c(-c2ccc(Br)c(O)c2)nc2cc(Br)ccc21. The van der Waals surface area contributed by atoms with Crippen molar-refractivity contribution in [3.05, 3.63) is 45.3 Å². The van der Waals surface area contributed by atoms with Gasteiger partial charge in [-0.15, -0.1) is 0 Å². The lowest BCUT2D eigenvalue weighted by atomic mass is 10.2. The predicted molar refractivity (Wildman–Crippen MR) is 92.6 cm³/mol. The molecule has 108 valence electrons. The maximum absolute atomic E-state index is 9.92. The molecule has 1 aromatic heterocycles. The molecule has 0 aliphatic rings. The van der Waals surface area contributed by atoms with Crippen molar-refractivity contribution in [1.29, 1.82) is 0 Å². The zero-order valence-electron chi connectivity index (χ0n) is 11.6. The summed E-state index contributed by atoms with van der Waals surface area (Å²) in [6, 6.07) is 11.9. The van der Waals surface area contributed by atoms with Gasteiger partial charge in [0.05, 0.1) is 15.5 Å². The van der Waals surface area contributed by atoms with Crippen LogP contribution in [-0.4, -0.2) is 14.7 Å². The number of halogens is 2. The highest BCUT2D eigenvalue weighted by Crippen LogP contribution is 2.33. The van der Waals surface area contributed by atoms with E-state index in [1.165, 1.54) is 0 Å². The van der Waals surface area contributed by atoms with Gasteiger partial charge in [0.1, 0.15) is 11.6 Å². The van der Waals surface area contributed by atoms with Crippen molar-refractivity contribution in [1.82, 2.24) is 9.55 Å². The second kappa shape index (κ2) is 5.46. The quantitative estimate of drug-likeness (QED) is 0.605. The van der Waals surface area contributed by atoms with Crippen LogP contribution in [0.25, 0.3) is 22.4 Å². The monoisotopic (exact) mass is 408 g/mol. The molecule has 0 fully saturated rings. The molecule has 0 spiro atoms. The van der Waals surface area contributed by atoms with Crippen molar-refractivity contribution in [2.24, 2.45) is 0 Å². The Hall–Kier alpha value is -1.33. The molecule has 5 heteroatoms. The summed E-state index contributed by atoms with van der Waals surface area (Å²) in [6.45, 7) is 4.26. The molecule has 0 bridgehead atoms. The number of benzene rings is 2. The molecule has 1 N–H and O–H groups in total. The Labute approximate surface area is 139 Å². The summed E-state index contributed by atoms with van der Waals surface area (Å²) in [4.78, 5) is 4.74. The fourth-order valence-corrected chi connectivity index (χ4v) is 3.05. The van der Waals surface area contributed by atoms with E-state index in [4.69, 9.17) is 4.98 Å². The maximum atomic E-state index is 9.92. The van der Waals surface area contributed by atoms with E-state index in [0.29, 0.717) is 4.47 Å². The molecule has 3 aromatic rings. The molecule has 0 unspecified atom stereocenters. The van der Waals surface area contributed by atoms with E-state index < -0.39 is 0 Å². The first-order valence-corrected chi connectivity index (χ1v) is 8.22. The van der Waals surface area contributed by atoms with Crippen molar-refractivity contribution < 1.29 is 5.11 Å². The van der Waals surface area contributed by atoms with Crippen LogP contribution in [0, 0.1) is 0 Å². The summed E-state index contributed by atoms with van der Waals surface area (Å²) in [5.41, 5.74) is 2.93. The minimum atomic E-state index is 0.219. The van der Waals surface area contributed by atoms with Crippen LogP contribution in [0.15, 0.2) is 45.3 Å². The van der Waals surface area contributed by atoms with Crippen molar-refractivity contribution in [2.45, 2.75) is 19.9 Å². The van der Waals surface area contributed by atoms with Crippen molar-refractivity contribution in [2.75, 3.05) is 0 Å². The average molecular weight is 410 g/mol. The van der Waals surface area contributed by atoms with Gasteiger partial charge in [-0.3, -0.25) is 0 Å². The van der Waals surface area contributed by atoms with Crippen molar-refractivity contribution in [3.8, 4) is 17.1 Å². The molecule has 3 nitrogen and oxygen atoms in total. The Balaban J connectivity index is 2.30. The summed E-state index contributed by atoms with van der Waals surface area (Å²) >= 11 is 6.80. The first kappa shape index (κ1) is 14.6. The average Bonchev–Trinajstić information content (AvgIpc) is 2.80. The van der Waals surface area contributed by atoms with Gasteiger partial charge in [0.2, 0.25) is 0 Å². The fourth-order valence-electron chi connectivity index (χ4n) is 2.45. The third-order valence-corrected chi connectivity index (χ3v) is 4.54. The summed E-state index contributed by atoms with van der Waals surface area (Å²) in [5, 5.41) is 9.92. The van der Waals surface area contributed by atoms with Crippen LogP contribution in [0.3, 0.4) is 0 Å². The van der Waals surface area contributed by atoms with Gasteiger partial charge in [-0.25, -0.2) is 4.98 Å². The Kier molecular flexibility index (Phi) is 3.80. The van der Waals surface area contributed by atoms with Gasteiger partial charge in [0.25, 0.3) is 0 Å². The molecule has 0 saturated carbocycles. The van der Waals surface area contributed by atoms with Crippen LogP contribution < -0.4 is 0 Å². The standard InChI is InChI=1S/C16H14Br2N2O/c1-9(2)20-14-6-4-11(17)8-13(14)19-16(20)10-3-5-12(18)15(21)7-10/h3-9,21H,1-2H3. The third-order valence-electron chi connectivity index (χ3n) is 3.37. The van der Waals surface area contributed by atoms with E-state index in [1.54, 1.807) is 6.07 Å². The second-order valence-corrected chi connectivity index (χ2v) is 6.97. The summed E-state index contributed by atoms with van der Waals surface area (Å²) in [5.74, 6) is 1.08. The summed E-state index contributed by atoms with van der Waals surface area (Å²) in [7, 11) is 0. The van der Waals surface area contributed by atoms with E-state index in [-0.39, 0.29) is 11.8 Å². The summed E-state index contributed by atoms with van der Waals surface area (Å²) in [6.07, 6.45) is 0. The van der Waals surface area contributed by atoms with Gasteiger partial charge in [0, 0.05) is 16.1 Å². The Bertz CT molecular complexity index is 825. The number of phenolic OH excluding ortho intramolecular Hbond substituents is 1. The van der Waals surface area contributed by atoms with Crippen molar-refractivity contribution in [3.63, 3.8) is 0 Å². The van der Waals surface area contributed by atoms with Gasteiger partial charge >= 0.3 is 0 Å².